The largest absolute Gasteiger partial charge is 0.493 e. The van der Waals surface area contributed by atoms with Crippen LogP contribution >= 0.6 is 11.6 Å². The fraction of sp³-hybridized carbons (Fsp3) is 0.476. The average Bonchev–Trinajstić information content (AvgIpc) is 3.35. The number of nitrogens with zero attached hydrogens (tertiary/aromatic N) is 7. The number of ether oxygens (including phenoxy) is 1. The van der Waals surface area contributed by atoms with Gasteiger partial charge in [0.1, 0.15) is 17.8 Å². The molecule has 0 bridgehead atoms. The molecule has 5 rings (SSSR count). The first-order chi connectivity index (χ1) is 15.2. The molecule has 31 heavy (non-hydrogen) atoms. The van der Waals surface area contributed by atoms with Gasteiger partial charge in [-0.3, -0.25) is 0 Å². The Labute approximate surface area is 184 Å². The molecule has 0 N–H and O–H groups in total. The fourth-order valence-electron chi connectivity index (χ4n) is 4.54. The van der Waals surface area contributed by atoms with Crippen LogP contribution in [0.15, 0.2) is 36.9 Å². The predicted molar refractivity (Wildman–Crippen MR) is 113 cm³/mol. The number of anilines is 1. The third kappa shape index (κ3) is 4.61. The lowest BCUT2D eigenvalue weighted by Crippen LogP contribution is -2.35. The molecule has 0 spiro atoms. The van der Waals surface area contributed by atoms with Crippen LogP contribution in [0.25, 0.3) is 5.69 Å². The Hall–Kier alpha value is -2.81. The summed E-state index contributed by atoms with van der Waals surface area (Å²) in [6.07, 6.45) is 9.25. The number of hydrogen-bond donors (Lipinski definition) is 0. The van der Waals surface area contributed by atoms with Crippen LogP contribution in [0.5, 0.6) is 5.75 Å². The molecule has 1 aliphatic heterocycles. The smallest absolute Gasteiger partial charge is 0.225 e. The van der Waals surface area contributed by atoms with E-state index in [1.165, 1.54) is 23.5 Å². The molecule has 0 amide bonds. The van der Waals surface area contributed by atoms with Crippen molar-refractivity contribution in [2.45, 2.75) is 25.7 Å². The summed E-state index contributed by atoms with van der Waals surface area (Å²) < 4.78 is 21.4. The minimum atomic E-state index is -0.412. The SMILES string of the molecule is Fc1cc(OCC[C@H]2C[C@H]2C2CCN(c3ncc(Cl)cn3)CC2)ccc1-n1cnnn1. The molecule has 2 atom stereocenters. The van der Waals surface area contributed by atoms with E-state index < -0.39 is 5.82 Å². The summed E-state index contributed by atoms with van der Waals surface area (Å²) in [5.41, 5.74) is 0.301. The van der Waals surface area contributed by atoms with Crippen molar-refractivity contribution in [2.24, 2.45) is 17.8 Å². The lowest BCUT2D eigenvalue weighted by Gasteiger charge is -2.32. The van der Waals surface area contributed by atoms with E-state index in [0.29, 0.717) is 29.0 Å². The number of tetrazole rings is 1. The Bertz CT molecular complexity index is 1010. The normalized spacial score (nSPS) is 21.3. The number of piperidine rings is 1. The lowest BCUT2D eigenvalue weighted by molar-refractivity contribution is 0.283. The number of rotatable bonds is 7. The minimum Gasteiger partial charge on any atom is -0.493 e. The van der Waals surface area contributed by atoms with E-state index in [9.17, 15) is 4.39 Å². The van der Waals surface area contributed by atoms with Crippen LogP contribution in [-0.2, 0) is 0 Å². The topological polar surface area (TPSA) is 81.9 Å². The molecule has 10 heteroatoms. The second-order valence-corrected chi connectivity index (χ2v) is 8.63. The zero-order valence-corrected chi connectivity index (χ0v) is 17.7. The minimum absolute atomic E-state index is 0.301. The number of halogens is 2. The first-order valence-corrected chi connectivity index (χ1v) is 10.9. The van der Waals surface area contributed by atoms with Gasteiger partial charge < -0.3 is 9.64 Å². The summed E-state index contributed by atoms with van der Waals surface area (Å²) in [6.45, 7) is 2.57. The summed E-state index contributed by atoms with van der Waals surface area (Å²) in [7, 11) is 0. The first-order valence-electron chi connectivity index (χ1n) is 10.6. The van der Waals surface area contributed by atoms with Crippen LogP contribution in [0.3, 0.4) is 0 Å². The highest BCUT2D eigenvalue weighted by molar-refractivity contribution is 6.30. The molecule has 3 heterocycles. The van der Waals surface area contributed by atoms with Gasteiger partial charge in [-0.25, -0.2) is 14.4 Å². The highest BCUT2D eigenvalue weighted by Gasteiger charge is 2.43. The van der Waals surface area contributed by atoms with Crippen LogP contribution in [0.1, 0.15) is 25.7 Å². The van der Waals surface area contributed by atoms with E-state index in [2.05, 4.69) is 30.4 Å². The van der Waals surface area contributed by atoms with Gasteiger partial charge >= 0.3 is 0 Å². The van der Waals surface area contributed by atoms with Crippen molar-refractivity contribution >= 4 is 17.5 Å². The third-order valence-electron chi connectivity index (χ3n) is 6.28. The standard InChI is InChI=1S/C21H23ClFN7O/c22-16-11-24-21(25-12-16)29-6-3-14(4-7-29)18-9-15(18)5-8-31-17-1-2-20(19(23)10-17)30-13-26-27-28-30/h1-2,10-15,18H,3-9H2/t15-,18-/m0/s1. The third-order valence-corrected chi connectivity index (χ3v) is 6.48. The van der Waals surface area contributed by atoms with Gasteiger partial charge in [-0.2, -0.15) is 4.68 Å². The second kappa shape index (κ2) is 8.74. The summed E-state index contributed by atoms with van der Waals surface area (Å²) in [6, 6.07) is 4.76. The van der Waals surface area contributed by atoms with Crippen molar-refractivity contribution < 1.29 is 9.13 Å². The maximum absolute atomic E-state index is 14.3. The summed E-state index contributed by atoms with van der Waals surface area (Å²) >= 11 is 5.88. The lowest BCUT2D eigenvalue weighted by atomic mass is 9.90. The molecule has 1 saturated heterocycles. The maximum atomic E-state index is 14.3. The Balaban J connectivity index is 1.05. The fourth-order valence-corrected chi connectivity index (χ4v) is 4.64. The molecule has 1 aliphatic carbocycles. The molecular formula is C21H23ClFN7O. The molecule has 3 aromatic rings. The molecule has 2 aromatic heterocycles. The van der Waals surface area contributed by atoms with Crippen LogP contribution in [0, 0.1) is 23.6 Å². The summed E-state index contributed by atoms with van der Waals surface area (Å²) in [5, 5.41) is 11.3. The Morgan fingerprint density at radius 1 is 1.16 bits per heavy atom. The highest BCUT2D eigenvalue weighted by atomic mass is 35.5. The zero-order valence-electron chi connectivity index (χ0n) is 16.9. The van der Waals surface area contributed by atoms with E-state index in [1.54, 1.807) is 24.5 Å². The van der Waals surface area contributed by atoms with E-state index in [-0.39, 0.29) is 0 Å². The van der Waals surface area contributed by atoms with Crippen molar-refractivity contribution in [3.63, 3.8) is 0 Å². The van der Waals surface area contributed by atoms with Crippen molar-refractivity contribution in [3.8, 4) is 11.4 Å². The van der Waals surface area contributed by atoms with E-state index in [4.69, 9.17) is 16.3 Å². The monoisotopic (exact) mass is 443 g/mol. The molecular weight excluding hydrogens is 421 g/mol. The van der Waals surface area contributed by atoms with Crippen molar-refractivity contribution in [2.75, 3.05) is 24.6 Å². The molecule has 8 nitrogen and oxygen atoms in total. The van der Waals surface area contributed by atoms with Gasteiger partial charge in [0.05, 0.1) is 24.0 Å². The Kier molecular flexibility index (Phi) is 5.67. The summed E-state index contributed by atoms with van der Waals surface area (Å²) in [5.74, 6) is 3.11. The van der Waals surface area contributed by atoms with Gasteiger partial charge in [0.2, 0.25) is 5.95 Å². The Morgan fingerprint density at radius 3 is 2.68 bits per heavy atom. The molecule has 2 aliphatic rings. The van der Waals surface area contributed by atoms with Gasteiger partial charge in [-0.15, -0.1) is 5.10 Å². The molecule has 162 valence electrons. The van der Waals surface area contributed by atoms with E-state index >= 15 is 0 Å². The van der Waals surface area contributed by atoms with Crippen LogP contribution in [0.4, 0.5) is 10.3 Å². The highest BCUT2D eigenvalue weighted by Crippen LogP contribution is 2.49. The van der Waals surface area contributed by atoms with E-state index in [0.717, 1.165) is 50.1 Å². The quantitative estimate of drug-likeness (QED) is 0.552. The van der Waals surface area contributed by atoms with Crippen LogP contribution < -0.4 is 9.64 Å². The second-order valence-electron chi connectivity index (χ2n) is 8.19. The van der Waals surface area contributed by atoms with E-state index in [1.807, 2.05) is 0 Å². The van der Waals surface area contributed by atoms with Crippen molar-refractivity contribution in [1.29, 1.82) is 0 Å². The Morgan fingerprint density at radius 2 is 1.97 bits per heavy atom. The van der Waals surface area contributed by atoms with Gasteiger partial charge in [0.25, 0.3) is 0 Å². The zero-order chi connectivity index (χ0) is 21.2. The number of aromatic nitrogens is 6. The van der Waals surface area contributed by atoms with Gasteiger partial charge in [0.15, 0.2) is 5.82 Å². The maximum Gasteiger partial charge on any atom is 0.225 e. The number of hydrogen-bond acceptors (Lipinski definition) is 7. The number of benzene rings is 1. The van der Waals surface area contributed by atoms with Crippen LogP contribution in [-0.4, -0.2) is 49.9 Å². The van der Waals surface area contributed by atoms with Gasteiger partial charge in [0, 0.05) is 19.2 Å². The molecule has 0 unspecified atom stereocenters. The average molecular weight is 444 g/mol. The first kappa shape index (κ1) is 20.1. The van der Waals surface area contributed by atoms with Crippen molar-refractivity contribution in [3.05, 3.63) is 47.8 Å². The van der Waals surface area contributed by atoms with Crippen LogP contribution in [0.2, 0.25) is 5.02 Å². The molecule has 1 aromatic carbocycles. The molecule has 0 radical (unpaired) electrons. The molecule has 1 saturated carbocycles. The van der Waals surface area contributed by atoms with Gasteiger partial charge in [-0.1, -0.05) is 11.6 Å². The predicted octanol–water partition coefficient (Wildman–Crippen LogP) is 3.57. The summed E-state index contributed by atoms with van der Waals surface area (Å²) in [4.78, 5) is 10.9. The van der Waals surface area contributed by atoms with Crippen molar-refractivity contribution in [1.82, 2.24) is 30.2 Å². The van der Waals surface area contributed by atoms with Gasteiger partial charge in [-0.05, 0) is 66.0 Å². The molecule has 2 fully saturated rings.